The topological polar surface area (TPSA) is 78.9 Å². The summed E-state index contributed by atoms with van der Waals surface area (Å²) in [5.74, 6) is -1.11. The highest BCUT2D eigenvalue weighted by Crippen LogP contribution is 2.10. The van der Waals surface area contributed by atoms with E-state index in [1.54, 1.807) is 0 Å². The Morgan fingerprint density at radius 1 is 0.328 bits per heavy atom. The summed E-state index contributed by atoms with van der Waals surface area (Å²) in [4.78, 5) is 37.8. The first-order chi connectivity index (χ1) is 31.5. The van der Waals surface area contributed by atoms with Crippen molar-refractivity contribution in [1.29, 1.82) is 0 Å². The van der Waals surface area contributed by atoms with Crippen LogP contribution in [-0.2, 0) is 28.6 Å². The zero-order chi connectivity index (χ0) is 46.5. The molecular weight excluding hydrogens is 793 g/mol. The van der Waals surface area contributed by atoms with Gasteiger partial charge in [0.2, 0.25) is 0 Å². The molecule has 0 rings (SSSR count). The molecule has 0 bridgehead atoms. The van der Waals surface area contributed by atoms with Gasteiger partial charge in [-0.1, -0.05) is 192 Å². The number of allylic oxidation sites excluding steroid dienone is 24. The molecule has 0 aliphatic carbocycles. The number of hydrogen-bond donors (Lipinski definition) is 0. The van der Waals surface area contributed by atoms with Gasteiger partial charge in [0, 0.05) is 19.3 Å². The van der Waals surface area contributed by atoms with E-state index in [1.807, 2.05) is 12.2 Å². The lowest BCUT2D eigenvalue weighted by Crippen LogP contribution is -2.30. The van der Waals surface area contributed by atoms with Gasteiger partial charge in [-0.25, -0.2) is 0 Å². The lowest BCUT2D eigenvalue weighted by Gasteiger charge is -2.18. The Bertz CT molecular complexity index is 1480. The van der Waals surface area contributed by atoms with Gasteiger partial charge in [-0.15, -0.1) is 0 Å². The molecule has 1 unspecified atom stereocenters. The van der Waals surface area contributed by atoms with Gasteiger partial charge in [-0.2, -0.15) is 0 Å². The Labute approximate surface area is 391 Å². The second-order valence-corrected chi connectivity index (χ2v) is 15.6. The second-order valence-electron chi connectivity index (χ2n) is 15.6. The van der Waals surface area contributed by atoms with Gasteiger partial charge in [0.25, 0.3) is 0 Å². The third kappa shape index (κ3) is 48.3. The maximum absolute atomic E-state index is 12.7. The smallest absolute Gasteiger partial charge is 0.306 e. The minimum Gasteiger partial charge on any atom is -0.462 e. The first-order valence-corrected chi connectivity index (χ1v) is 24.8. The predicted octanol–water partition coefficient (Wildman–Crippen LogP) is 16.5. The Morgan fingerprint density at radius 2 is 0.656 bits per heavy atom. The summed E-state index contributed by atoms with van der Waals surface area (Å²) < 4.78 is 16.6. The van der Waals surface area contributed by atoms with E-state index in [0.717, 1.165) is 116 Å². The molecular formula is C58H88O6. The van der Waals surface area contributed by atoms with Crippen molar-refractivity contribution in [2.75, 3.05) is 13.2 Å². The van der Waals surface area contributed by atoms with Crippen molar-refractivity contribution in [2.24, 2.45) is 0 Å². The van der Waals surface area contributed by atoms with Gasteiger partial charge in [0.1, 0.15) is 13.2 Å². The van der Waals surface area contributed by atoms with Crippen LogP contribution in [0.25, 0.3) is 0 Å². The molecule has 0 amide bonds. The Hall–Kier alpha value is -4.71. The fourth-order valence-corrected chi connectivity index (χ4v) is 5.91. The van der Waals surface area contributed by atoms with Crippen molar-refractivity contribution in [1.82, 2.24) is 0 Å². The van der Waals surface area contributed by atoms with Crippen molar-refractivity contribution < 1.29 is 28.6 Å². The van der Waals surface area contributed by atoms with E-state index in [4.69, 9.17) is 14.2 Å². The lowest BCUT2D eigenvalue weighted by atomic mass is 10.1. The van der Waals surface area contributed by atoms with Gasteiger partial charge >= 0.3 is 17.9 Å². The fourth-order valence-electron chi connectivity index (χ4n) is 5.91. The van der Waals surface area contributed by atoms with Gasteiger partial charge in [0.05, 0.1) is 0 Å². The van der Waals surface area contributed by atoms with Gasteiger partial charge in [-0.3, -0.25) is 14.4 Å². The first kappa shape index (κ1) is 59.3. The summed E-state index contributed by atoms with van der Waals surface area (Å²) in [6.45, 7) is 6.19. The molecule has 0 aromatic rings. The molecule has 0 aliphatic heterocycles. The minimum atomic E-state index is -0.847. The van der Waals surface area contributed by atoms with Crippen molar-refractivity contribution >= 4 is 17.9 Å². The van der Waals surface area contributed by atoms with E-state index < -0.39 is 12.1 Å². The highest BCUT2D eigenvalue weighted by molar-refractivity contribution is 5.71. The molecule has 1 atom stereocenters. The van der Waals surface area contributed by atoms with Crippen LogP contribution in [0.3, 0.4) is 0 Å². The van der Waals surface area contributed by atoms with Crippen molar-refractivity contribution in [3.05, 3.63) is 146 Å². The quantitative estimate of drug-likeness (QED) is 0.0263. The van der Waals surface area contributed by atoms with E-state index in [1.165, 1.54) is 12.8 Å². The summed E-state index contributed by atoms with van der Waals surface area (Å²) in [5, 5.41) is 0. The average molecular weight is 881 g/mol. The zero-order valence-corrected chi connectivity index (χ0v) is 40.5. The lowest BCUT2D eigenvalue weighted by molar-refractivity contribution is -0.166. The third-order valence-corrected chi connectivity index (χ3v) is 9.55. The number of ether oxygens (including phenoxy) is 3. The number of esters is 3. The average Bonchev–Trinajstić information content (AvgIpc) is 3.29. The first-order valence-electron chi connectivity index (χ1n) is 24.8. The number of rotatable bonds is 42. The maximum atomic E-state index is 12.7. The molecule has 0 fully saturated rings. The molecule has 0 aromatic carbocycles. The van der Waals surface area contributed by atoms with Crippen LogP contribution >= 0.6 is 0 Å². The Morgan fingerprint density at radius 3 is 1.09 bits per heavy atom. The fraction of sp³-hybridized carbons (Fsp3) is 0.534. The van der Waals surface area contributed by atoms with Crippen molar-refractivity contribution in [3.8, 4) is 0 Å². The van der Waals surface area contributed by atoms with Gasteiger partial charge in [-0.05, 0) is 116 Å². The molecule has 0 aliphatic rings. The monoisotopic (exact) mass is 881 g/mol. The normalized spacial score (nSPS) is 13.4. The number of carbonyl (C=O) groups excluding carboxylic acids is 3. The molecule has 0 N–H and O–H groups in total. The van der Waals surface area contributed by atoms with Crippen LogP contribution in [0.1, 0.15) is 181 Å². The molecule has 0 aromatic heterocycles. The zero-order valence-electron chi connectivity index (χ0n) is 40.5. The van der Waals surface area contributed by atoms with E-state index in [-0.39, 0.29) is 38.0 Å². The van der Waals surface area contributed by atoms with E-state index >= 15 is 0 Å². The number of hydrogen-bond acceptors (Lipinski definition) is 6. The number of unbranched alkanes of at least 4 members (excludes halogenated alkanes) is 7. The standard InChI is InChI=1S/C58H88O6/c1-4-7-10-13-16-19-22-24-25-26-27-28-29-30-31-32-33-35-36-39-42-45-48-51-57(60)63-54-55(53-62-56(59)50-47-44-41-38-21-18-15-12-9-6-3)64-58(61)52-49-46-43-40-37-34-23-20-17-14-11-8-5-2/h7-8,10-12,15-17,19-20,24-25,27-28,30-31,33-35,37,39,42-43,46,55H,4-6,9,13-14,18,21-23,26,29,32,36,38,40-41,44-45,47-54H2,1-3H3/b10-7-,11-8-,15-12-,19-16-,20-17-,25-24-,28-27-,31-30-,35-33-,37-34-,42-39-,46-43-. The summed E-state index contributed by atoms with van der Waals surface area (Å²) in [5.41, 5.74) is 0. The van der Waals surface area contributed by atoms with E-state index in [2.05, 4.69) is 154 Å². The predicted molar refractivity (Wildman–Crippen MR) is 274 cm³/mol. The van der Waals surface area contributed by atoms with Crippen LogP contribution in [0, 0.1) is 0 Å². The van der Waals surface area contributed by atoms with Crippen LogP contribution < -0.4 is 0 Å². The van der Waals surface area contributed by atoms with Crippen molar-refractivity contribution in [3.63, 3.8) is 0 Å². The van der Waals surface area contributed by atoms with Crippen LogP contribution in [0.4, 0.5) is 0 Å². The second kappa shape index (κ2) is 50.9. The number of carbonyl (C=O) groups is 3. The summed E-state index contributed by atoms with van der Waals surface area (Å²) >= 11 is 0. The summed E-state index contributed by atoms with van der Waals surface area (Å²) in [6, 6.07) is 0. The molecule has 0 saturated carbocycles. The largest absolute Gasteiger partial charge is 0.462 e. The molecule has 0 saturated heterocycles. The Kier molecular flexibility index (Phi) is 47.2. The van der Waals surface area contributed by atoms with Crippen LogP contribution in [0.15, 0.2) is 146 Å². The molecule has 0 radical (unpaired) electrons. The third-order valence-electron chi connectivity index (χ3n) is 9.55. The molecule has 356 valence electrons. The van der Waals surface area contributed by atoms with Gasteiger partial charge in [0.15, 0.2) is 6.10 Å². The molecule has 0 spiro atoms. The molecule has 6 nitrogen and oxygen atoms in total. The SMILES string of the molecule is CC/C=C\C/C=C\C/C=C\C/C=C\C/C=C\C/C=C\C/C=C\CCCC(=O)OCC(COC(=O)CCCCCCC/C=C\CCC)OC(=O)CC/C=C\C/C=C\C/C=C\C/C=C\CC. The van der Waals surface area contributed by atoms with Gasteiger partial charge < -0.3 is 14.2 Å². The molecule has 6 heteroatoms. The minimum absolute atomic E-state index is 0.136. The maximum Gasteiger partial charge on any atom is 0.306 e. The summed E-state index contributed by atoms with van der Waals surface area (Å²) in [7, 11) is 0. The van der Waals surface area contributed by atoms with Crippen LogP contribution in [-0.4, -0.2) is 37.2 Å². The molecule has 0 heterocycles. The highest BCUT2D eigenvalue weighted by Gasteiger charge is 2.19. The van der Waals surface area contributed by atoms with Crippen LogP contribution in [0.5, 0.6) is 0 Å². The highest BCUT2D eigenvalue weighted by atomic mass is 16.6. The molecule has 64 heavy (non-hydrogen) atoms. The Balaban J connectivity index is 4.53. The summed E-state index contributed by atoms with van der Waals surface area (Å²) in [6.07, 6.45) is 72.9. The van der Waals surface area contributed by atoms with Crippen molar-refractivity contribution in [2.45, 2.75) is 187 Å². The van der Waals surface area contributed by atoms with Crippen LogP contribution in [0.2, 0.25) is 0 Å². The van der Waals surface area contributed by atoms with E-state index in [0.29, 0.717) is 19.3 Å². The van der Waals surface area contributed by atoms with E-state index in [9.17, 15) is 14.4 Å².